The number of carbonyl (C=O) groups is 2. The second-order valence-electron chi connectivity index (χ2n) is 14.1. The van der Waals surface area contributed by atoms with Crippen LogP contribution in [0.5, 0.6) is 0 Å². The first-order valence-electron chi connectivity index (χ1n) is 20.2. The van der Waals surface area contributed by atoms with Crippen molar-refractivity contribution < 1.29 is 18.0 Å². The van der Waals surface area contributed by atoms with Gasteiger partial charge in [0.05, 0.1) is 9.79 Å². The average Bonchev–Trinajstić information content (AvgIpc) is 3.13. The van der Waals surface area contributed by atoms with Crippen LogP contribution in [0.15, 0.2) is 58.3 Å². The Balaban J connectivity index is 1.88. The minimum Gasteiger partial charge on any atom is -0.326 e. The van der Waals surface area contributed by atoms with E-state index in [0.29, 0.717) is 24.2 Å². The summed E-state index contributed by atoms with van der Waals surface area (Å²) in [6.07, 6.45) is 20.2. The van der Waals surface area contributed by atoms with Crippen molar-refractivity contribution in [1.82, 2.24) is 9.80 Å². The largest absolute Gasteiger partial charge is 0.326 e. The van der Waals surface area contributed by atoms with Crippen molar-refractivity contribution >= 4 is 33.0 Å². The highest BCUT2D eigenvalue weighted by molar-refractivity contribution is 7.91. The van der Waals surface area contributed by atoms with Gasteiger partial charge in [0.1, 0.15) is 0 Å². The molecule has 0 bridgehead atoms. The molecule has 2 aromatic carbocycles. The Bertz CT molecular complexity index is 1200. The molecule has 9 heteroatoms. The van der Waals surface area contributed by atoms with E-state index in [9.17, 15) is 18.0 Å². The van der Waals surface area contributed by atoms with Crippen LogP contribution in [-0.4, -0.2) is 69.3 Å². The highest BCUT2D eigenvalue weighted by atomic mass is 32.2. The van der Waals surface area contributed by atoms with Gasteiger partial charge in [-0.15, -0.1) is 0 Å². The summed E-state index contributed by atoms with van der Waals surface area (Å²) in [5, 5.41) is 5.88. The molecule has 0 saturated carbocycles. The van der Waals surface area contributed by atoms with Crippen LogP contribution in [0.1, 0.15) is 143 Å². The molecule has 2 aromatic rings. The Morgan fingerprint density at radius 1 is 0.451 bits per heavy atom. The van der Waals surface area contributed by atoms with Gasteiger partial charge in [-0.1, -0.05) is 105 Å². The van der Waals surface area contributed by atoms with E-state index in [2.05, 4.69) is 48.1 Å². The van der Waals surface area contributed by atoms with E-state index in [0.717, 1.165) is 65.0 Å². The molecule has 2 amide bonds. The summed E-state index contributed by atoms with van der Waals surface area (Å²) in [5.41, 5.74) is 1.16. The third-order valence-electron chi connectivity index (χ3n) is 9.52. The summed E-state index contributed by atoms with van der Waals surface area (Å²) in [6, 6.07) is 12.7. The molecule has 0 radical (unpaired) electrons. The molecule has 0 spiro atoms. The van der Waals surface area contributed by atoms with E-state index in [1.807, 2.05) is 0 Å². The van der Waals surface area contributed by atoms with Crippen molar-refractivity contribution in [2.24, 2.45) is 0 Å². The van der Waals surface area contributed by atoms with E-state index >= 15 is 0 Å². The Labute approximate surface area is 311 Å². The van der Waals surface area contributed by atoms with E-state index in [4.69, 9.17) is 0 Å². The summed E-state index contributed by atoms with van der Waals surface area (Å²) in [4.78, 5) is 30.7. The fraction of sp³-hybridized carbons (Fsp3) is 0.667. The van der Waals surface area contributed by atoms with Crippen LogP contribution >= 0.6 is 0 Å². The first-order chi connectivity index (χ1) is 24.7. The minimum absolute atomic E-state index is 0.0676. The SMILES string of the molecule is CCCCCCN(CCCCCC)CCC(=O)Nc1ccc(S(=O)(=O)c2ccc(NC(=O)CCN(CCCCCC)CCCCCC)cc2)cc1. The summed E-state index contributed by atoms with van der Waals surface area (Å²) in [6.45, 7) is 14.4. The number of benzene rings is 2. The first-order valence-corrected chi connectivity index (χ1v) is 21.7. The van der Waals surface area contributed by atoms with E-state index in [-0.39, 0.29) is 21.6 Å². The highest BCUT2D eigenvalue weighted by Gasteiger charge is 2.18. The molecule has 0 aliphatic rings. The number of unbranched alkanes of at least 4 members (excludes halogenated alkanes) is 12. The molecule has 0 aliphatic heterocycles. The van der Waals surface area contributed by atoms with Crippen molar-refractivity contribution in [2.75, 3.05) is 49.9 Å². The van der Waals surface area contributed by atoms with Gasteiger partial charge in [-0.2, -0.15) is 0 Å². The zero-order valence-electron chi connectivity index (χ0n) is 32.5. The van der Waals surface area contributed by atoms with E-state index < -0.39 is 9.84 Å². The number of anilines is 2. The summed E-state index contributed by atoms with van der Waals surface area (Å²) >= 11 is 0. The Kier molecular flexibility index (Phi) is 23.5. The summed E-state index contributed by atoms with van der Waals surface area (Å²) < 4.78 is 26.8. The second kappa shape index (κ2) is 26.9. The van der Waals surface area contributed by atoms with Gasteiger partial charge in [-0.25, -0.2) is 8.42 Å². The molecule has 0 heterocycles. The van der Waals surface area contributed by atoms with Crippen molar-refractivity contribution in [3.05, 3.63) is 48.5 Å². The fourth-order valence-electron chi connectivity index (χ4n) is 6.26. The summed E-state index contributed by atoms with van der Waals surface area (Å²) in [5.74, 6) is -0.135. The molecular formula is C42H70N4O4S. The summed E-state index contributed by atoms with van der Waals surface area (Å²) in [7, 11) is -3.76. The average molecular weight is 727 g/mol. The third-order valence-corrected chi connectivity index (χ3v) is 11.3. The number of amides is 2. The third kappa shape index (κ3) is 19.1. The van der Waals surface area contributed by atoms with E-state index in [1.54, 1.807) is 24.3 Å². The lowest BCUT2D eigenvalue weighted by molar-refractivity contribution is -0.117. The number of sulfone groups is 1. The lowest BCUT2D eigenvalue weighted by Gasteiger charge is -2.22. The molecule has 8 nitrogen and oxygen atoms in total. The lowest BCUT2D eigenvalue weighted by atomic mass is 10.1. The van der Waals surface area contributed by atoms with Gasteiger partial charge in [-0.05, 0) is 100 Å². The standard InChI is InChI=1S/C42H70N4O4S/c1-5-9-13-17-31-45(32-18-14-10-6-2)35-29-41(47)43-37-21-25-39(26-22-37)51(49,50)40-27-23-38(24-28-40)44-42(48)30-36-46(33-19-15-11-7-3)34-20-16-12-8-4/h21-28H,5-20,29-36H2,1-4H3,(H,43,47)(H,44,48). The Morgan fingerprint density at radius 3 is 1.02 bits per heavy atom. The van der Waals surface area contributed by atoms with Crippen LogP contribution < -0.4 is 10.6 Å². The molecule has 288 valence electrons. The van der Waals surface area contributed by atoms with Gasteiger partial charge in [0, 0.05) is 37.3 Å². The van der Waals surface area contributed by atoms with Gasteiger partial charge in [-0.3, -0.25) is 9.59 Å². The highest BCUT2D eigenvalue weighted by Crippen LogP contribution is 2.24. The number of carbonyl (C=O) groups excluding carboxylic acids is 2. The zero-order valence-corrected chi connectivity index (χ0v) is 33.3. The monoisotopic (exact) mass is 727 g/mol. The number of hydrogen-bond acceptors (Lipinski definition) is 6. The molecule has 51 heavy (non-hydrogen) atoms. The number of rotatable bonds is 30. The molecule has 0 aliphatic carbocycles. The predicted molar refractivity (Wildman–Crippen MR) is 214 cm³/mol. The fourth-order valence-corrected chi connectivity index (χ4v) is 7.52. The van der Waals surface area contributed by atoms with Gasteiger partial charge >= 0.3 is 0 Å². The van der Waals surface area contributed by atoms with Gasteiger partial charge < -0.3 is 20.4 Å². The van der Waals surface area contributed by atoms with Crippen LogP contribution in [-0.2, 0) is 19.4 Å². The van der Waals surface area contributed by atoms with Crippen molar-refractivity contribution in [3.63, 3.8) is 0 Å². The molecule has 0 fully saturated rings. The molecule has 0 saturated heterocycles. The van der Waals surface area contributed by atoms with Crippen LogP contribution in [0.3, 0.4) is 0 Å². The molecule has 0 atom stereocenters. The lowest BCUT2D eigenvalue weighted by Crippen LogP contribution is -2.30. The molecule has 0 aromatic heterocycles. The number of nitrogens with one attached hydrogen (secondary N) is 2. The molecule has 2 N–H and O–H groups in total. The van der Waals surface area contributed by atoms with Crippen molar-refractivity contribution in [2.45, 2.75) is 153 Å². The predicted octanol–water partition coefficient (Wildman–Crippen LogP) is 10.1. The Morgan fingerprint density at radius 2 is 0.745 bits per heavy atom. The second-order valence-corrected chi connectivity index (χ2v) is 16.0. The van der Waals surface area contributed by atoms with Crippen molar-refractivity contribution in [3.8, 4) is 0 Å². The zero-order chi connectivity index (χ0) is 37.2. The van der Waals surface area contributed by atoms with Gasteiger partial charge in [0.25, 0.3) is 0 Å². The Hall–Kier alpha value is -2.75. The smallest absolute Gasteiger partial charge is 0.225 e. The number of nitrogens with zero attached hydrogens (tertiary/aromatic N) is 2. The normalized spacial score (nSPS) is 11.7. The van der Waals surface area contributed by atoms with Gasteiger partial charge in [0.15, 0.2) is 0 Å². The molecule has 2 rings (SSSR count). The van der Waals surface area contributed by atoms with Crippen LogP contribution in [0.2, 0.25) is 0 Å². The topological polar surface area (TPSA) is 98.8 Å². The van der Waals surface area contributed by atoms with E-state index in [1.165, 1.54) is 101 Å². The quantitative estimate of drug-likeness (QED) is 0.0778. The molecule has 0 unspecified atom stereocenters. The maximum atomic E-state index is 13.4. The van der Waals surface area contributed by atoms with Crippen LogP contribution in [0.25, 0.3) is 0 Å². The molecular weight excluding hydrogens is 657 g/mol. The first kappa shape index (κ1) is 44.4. The minimum atomic E-state index is -3.76. The van der Waals surface area contributed by atoms with Crippen LogP contribution in [0, 0.1) is 0 Å². The maximum Gasteiger partial charge on any atom is 0.225 e. The maximum absolute atomic E-state index is 13.4. The number of hydrogen-bond donors (Lipinski definition) is 2. The van der Waals surface area contributed by atoms with Crippen LogP contribution in [0.4, 0.5) is 11.4 Å². The van der Waals surface area contributed by atoms with Gasteiger partial charge in [0.2, 0.25) is 21.7 Å². The van der Waals surface area contributed by atoms with Crippen molar-refractivity contribution in [1.29, 1.82) is 0 Å².